The van der Waals surface area contributed by atoms with Crippen molar-refractivity contribution in [2.75, 3.05) is 92.5 Å². The molecule has 0 saturated heterocycles. The van der Waals surface area contributed by atoms with Crippen molar-refractivity contribution >= 4 is 0 Å². The first-order valence-electron chi connectivity index (χ1n) is 8.34. The molecule has 0 saturated carbocycles. The molecule has 0 aromatic heterocycles. The molecule has 0 unspecified atom stereocenters. The van der Waals surface area contributed by atoms with Gasteiger partial charge < -0.3 is 60.2 Å². The van der Waals surface area contributed by atoms with E-state index in [9.17, 15) is 0 Å². The lowest BCUT2D eigenvalue weighted by Gasteiger charge is -2.01. The summed E-state index contributed by atoms with van der Waals surface area (Å²) in [6, 6.07) is 0. The van der Waals surface area contributed by atoms with Gasteiger partial charge in [-0.25, -0.2) is 0 Å². The summed E-state index contributed by atoms with van der Waals surface area (Å²) in [4.78, 5) is 0. The van der Waals surface area contributed by atoms with Gasteiger partial charge in [-0.1, -0.05) is 0 Å². The maximum absolute atomic E-state index is 8.26. The molecule has 0 amide bonds. The molecule has 0 spiro atoms. The van der Waals surface area contributed by atoms with Gasteiger partial charge in [0.15, 0.2) is 0 Å². The van der Waals surface area contributed by atoms with Crippen molar-refractivity contribution in [2.45, 2.75) is 6.10 Å². The second kappa shape index (κ2) is 40.3. The minimum absolute atomic E-state index is 0.0278. The first kappa shape index (κ1) is 34.1. The Labute approximate surface area is 159 Å². The van der Waals surface area contributed by atoms with Gasteiger partial charge in [0.05, 0.1) is 92.5 Å². The Bertz CT molecular complexity index is 182. The van der Waals surface area contributed by atoms with Gasteiger partial charge in [-0.3, -0.25) is 0 Å². The van der Waals surface area contributed by atoms with Crippen LogP contribution in [0.15, 0.2) is 0 Å². The quantitative estimate of drug-likeness (QED) is 0.124. The summed E-state index contributed by atoms with van der Waals surface area (Å²) in [5.41, 5.74) is 0. The van der Waals surface area contributed by atoms with Crippen molar-refractivity contribution in [3.63, 3.8) is 0 Å². The number of hydrogen-bond acceptors (Lipinski definition) is 12. The van der Waals surface area contributed by atoms with Gasteiger partial charge in [-0.2, -0.15) is 0 Å². The van der Waals surface area contributed by atoms with Gasteiger partial charge in [0.1, 0.15) is 6.10 Å². The maximum atomic E-state index is 8.26. The number of ether oxygens (including phenoxy) is 3. The van der Waals surface area contributed by atoms with Crippen LogP contribution in [0, 0.1) is 0 Å². The minimum Gasteiger partial charge on any atom is -0.394 e. The number of hydrogen-bond donors (Lipinski definition) is 9. The Kier molecular flexibility index (Phi) is 50.8. The molecule has 0 aliphatic carbocycles. The lowest BCUT2D eigenvalue weighted by molar-refractivity contribution is 0.0222. The zero-order chi connectivity index (χ0) is 21.6. The van der Waals surface area contributed by atoms with E-state index in [0.717, 1.165) is 0 Å². The van der Waals surface area contributed by atoms with E-state index in [-0.39, 0.29) is 52.9 Å². The Morgan fingerprint density at radius 1 is 0.407 bits per heavy atom. The molecule has 0 fully saturated rings. The average molecular weight is 410 g/mol. The summed E-state index contributed by atoms with van der Waals surface area (Å²) in [6.07, 6.45) is -0.954. The van der Waals surface area contributed by atoms with E-state index in [1.165, 1.54) is 0 Å². The minimum atomic E-state index is -0.954. The van der Waals surface area contributed by atoms with E-state index in [0.29, 0.717) is 39.6 Å². The van der Waals surface area contributed by atoms with Gasteiger partial charge in [0.2, 0.25) is 0 Å². The third kappa shape index (κ3) is 58.6. The highest BCUT2D eigenvalue weighted by Crippen LogP contribution is 1.76. The Hall–Kier alpha value is -0.480. The molecular weight excluding hydrogens is 372 g/mol. The van der Waals surface area contributed by atoms with E-state index in [1.807, 2.05) is 0 Å². The fourth-order valence-corrected chi connectivity index (χ4v) is 0.740. The third-order valence-electron chi connectivity index (χ3n) is 1.84. The highest BCUT2D eigenvalue weighted by atomic mass is 16.5. The molecule has 9 N–H and O–H groups in total. The number of rotatable bonds is 14. The summed E-state index contributed by atoms with van der Waals surface area (Å²) in [6.45, 7) is 1.44. The molecule has 0 atom stereocenters. The van der Waals surface area contributed by atoms with Crippen molar-refractivity contribution in [3.05, 3.63) is 0 Å². The normalized spacial score (nSPS) is 9.56. The standard InChI is InChI=1S/C6H14O4.C4H10O3.C3H8O3.C2H6O2/c7-1-3-9-5-6-10-4-2-8;5-1-3-7-4-2-6;4-1-3(6)2-5;3-1-2-4/h7-8H,1-6H2;5-6H,1-4H2;3-6H,1-2H2;3-4H,1-2H2. The van der Waals surface area contributed by atoms with E-state index < -0.39 is 6.10 Å². The van der Waals surface area contributed by atoms with Crippen LogP contribution >= 0.6 is 0 Å². The van der Waals surface area contributed by atoms with Crippen molar-refractivity contribution in [3.8, 4) is 0 Å². The van der Waals surface area contributed by atoms with Gasteiger partial charge in [0.25, 0.3) is 0 Å². The summed E-state index contributed by atoms with van der Waals surface area (Å²) in [7, 11) is 0. The van der Waals surface area contributed by atoms with Crippen molar-refractivity contribution in [2.24, 2.45) is 0 Å². The summed E-state index contributed by atoms with van der Waals surface area (Å²) in [5.74, 6) is 0. The predicted molar refractivity (Wildman–Crippen MR) is 95.2 cm³/mol. The Morgan fingerprint density at radius 3 is 0.815 bits per heavy atom. The zero-order valence-corrected chi connectivity index (χ0v) is 15.7. The molecule has 170 valence electrons. The Morgan fingerprint density at radius 2 is 0.667 bits per heavy atom. The topological polar surface area (TPSA) is 210 Å². The molecule has 0 aliphatic heterocycles. The third-order valence-corrected chi connectivity index (χ3v) is 1.84. The highest BCUT2D eigenvalue weighted by Gasteiger charge is 1.93. The number of aliphatic hydroxyl groups excluding tert-OH is 9. The molecule has 0 heterocycles. The van der Waals surface area contributed by atoms with Crippen LogP contribution in [0.1, 0.15) is 0 Å². The SMILES string of the molecule is OCC(O)CO.OCCO.OCCOCCO.OCCOCCOCCO. The fraction of sp³-hybridized carbons (Fsp3) is 1.00. The largest absolute Gasteiger partial charge is 0.394 e. The van der Waals surface area contributed by atoms with Crippen LogP contribution < -0.4 is 0 Å². The summed E-state index contributed by atoms with van der Waals surface area (Å²) < 4.78 is 14.4. The zero-order valence-electron chi connectivity index (χ0n) is 15.7. The molecule has 0 rings (SSSR count). The van der Waals surface area contributed by atoms with Gasteiger partial charge in [-0.05, 0) is 0 Å². The molecule has 0 aromatic rings. The fourth-order valence-electron chi connectivity index (χ4n) is 0.740. The molecule has 27 heavy (non-hydrogen) atoms. The van der Waals surface area contributed by atoms with Crippen LogP contribution in [0.25, 0.3) is 0 Å². The second-order valence-electron chi connectivity index (χ2n) is 4.20. The summed E-state index contributed by atoms with van der Waals surface area (Å²) in [5, 5.41) is 72.0. The monoisotopic (exact) mass is 410 g/mol. The van der Waals surface area contributed by atoms with Gasteiger partial charge in [-0.15, -0.1) is 0 Å². The van der Waals surface area contributed by atoms with Crippen LogP contribution in [-0.2, 0) is 14.2 Å². The van der Waals surface area contributed by atoms with Crippen molar-refractivity contribution in [1.82, 2.24) is 0 Å². The molecule has 12 nitrogen and oxygen atoms in total. The van der Waals surface area contributed by atoms with Crippen molar-refractivity contribution < 1.29 is 60.2 Å². The van der Waals surface area contributed by atoms with Crippen molar-refractivity contribution in [1.29, 1.82) is 0 Å². The average Bonchev–Trinajstić information content (AvgIpc) is 2.71. The highest BCUT2D eigenvalue weighted by molar-refractivity contribution is 4.44. The van der Waals surface area contributed by atoms with Crippen LogP contribution in [0.3, 0.4) is 0 Å². The maximum Gasteiger partial charge on any atom is 0.100 e. The van der Waals surface area contributed by atoms with Crippen LogP contribution in [0.5, 0.6) is 0 Å². The van der Waals surface area contributed by atoms with E-state index in [1.54, 1.807) is 0 Å². The molecule has 12 heteroatoms. The van der Waals surface area contributed by atoms with Crippen LogP contribution in [0.2, 0.25) is 0 Å². The molecule has 0 bridgehead atoms. The summed E-state index contributed by atoms with van der Waals surface area (Å²) >= 11 is 0. The first-order valence-corrected chi connectivity index (χ1v) is 8.34. The lowest BCUT2D eigenvalue weighted by Crippen LogP contribution is -2.15. The second-order valence-corrected chi connectivity index (χ2v) is 4.20. The van der Waals surface area contributed by atoms with E-state index >= 15 is 0 Å². The number of aliphatic hydroxyl groups is 9. The van der Waals surface area contributed by atoms with Gasteiger partial charge >= 0.3 is 0 Å². The first-order chi connectivity index (χ1) is 13.1. The Balaban J connectivity index is -0.000000138. The smallest absolute Gasteiger partial charge is 0.100 e. The van der Waals surface area contributed by atoms with E-state index in [2.05, 4.69) is 4.74 Å². The molecule has 0 aromatic carbocycles. The molecule has 0 aliphatic rings. The van der Waals surface area contributed by atoms with Crippen LogP contribution in [-0.4, -0.2) is 145 Å². The van der Waals surface area contributed by atoms with Gasteiger partial charge in [0, 0.05) is 0 Å². The van der Waals surface area contributed by atoms with Crippen LogP contribution in [0.4, 0.5) is 0 Å². The molecule has 0 radical (unpaired) electrons. The molecular formula is C15H38O12. The lowest BCUT2D eigenvalue weighted by atomic mass is 10.4. The predicted octanol–water partition coefficient (Wildman–Crippen LogP) is -4.71. The van der Waals surface area contributed by atoms with E-state index in [4.69, 9.17) is 55.4 Å².